The SMILES string of the molecule is CC(C)C(N)CCN(C)C(=O)c1cccc(-n2cncn2)c1. The minimum atomic E-state index is -0.0158. The Kier molecular flexibility index (Phi) is 5.27. The molecule has 1 unspecified atom stereocenters. The maximum Gasteiger partial charge on any atom is 0.253 e. The molecule has 1 atom stereocenters. The minimum Gasteiger partial charge on any atom is -0.342 e. The molecule has 118 valence electrons. The van der Waals surface area contributed by atoms with Gasteiger partial charge in [-0.3, -0.25) is 4.79 Å². The molecule has 1 aromatic carbocycles. The summed E-state index contributed by atoms with van der Waals surface area (Å²) >= 11 is 0. The molecular formula is C16H23N5O. The summed E-state index contributed by atoms with van der Waals surface area (Å²) in [6, 6.07) is 7.46. The first-order valence-electron chi connectivity index (χ1n) is 7.45. The van der Waals surface area contributed by atoms with Gasteiger partial charge < -0.3 is 10.6 Å². The van der Waals surface area contributed by atoms with Crippen LogP contribution in [0.2, 0.25) is 0 Å². The molecular weight excluding hydrogens is 278 g/mol. The highest BCUT2D eigenvalue weighted by molar-refractivity contribution is 5.94. The summed E-state index contributed by atoms with van der Waals surface area (Å²) in [7, 11) is 1.80. The number of hydrogen-bond donors (Lipinski definition) is 1. The Morgan fingerprint density at radius 1 is 1.41 bits per heavy atom. The van der Waals surface area contributed by atoms with E-state index in [0.29, 0.717) is 18.0 Å². The van der Waals surface area contributed by atoms with Crippen LogP contribution in [-0.4, -0.2) is 45.2 Å². The zero-order chi connectivity index (χ0) is 16.1. The van der Waals surface area contributed by atoms with Crippen molar-refractivity contribution in [3.05, 3.63) is 42.5 Å². The van der Waals surface area contributed by atoms with Gasteiger partial charge in [-0.1, -0.05) is 19.9 Å². The van der Waals surface area contributed by atoms with Gasteiger partial charge in [0.1, 0.15) is 12.7 Å². The maximum absolute atomic E-state index is 12.5. The molecule has 6 heteroatoms. The molecule has 0 aliphatic carbocycles. The third-order valence-corrected chi connectivity index (χ3v) is 3.78. The molecule has 6 nitrogen and oxygen atoms in total. The number of rotatable bonds is 6. The van der Waals surface area contributed by atoms with Crippen molar-refractivity contribution in [2.45, 2.75) is 26.3 Å². The predicted molar refractivity (Wildman–Crippen MR) is 85.7 cm³/mol. The summed E-state index contributed by atoms with van der Waals surface area (Å²) in [5.74, 6) is 0.400. The van der Waals surface area contributed by atoms with Crippen LogP contribution in [0.25, 0.3) is 5.69 Å². The summed E-state index contributed by atoms with van der Waals surface area (Å²) < 4.78 is 1.63. The van der Waals surface area contributed by atoms with E-state index in [0.717, 1.165) is 12.1 Å². The van der Waals surface area contributed by atoms with E-state index in [4.69, 9.17) is 5.73 Å². The highest BCUT2D eigenvalue weighted by atomic mass is 16.2. The van der Waals surface area contributed by atoms with Crippen molar-refractivity contribution < 1.29 is 4.79 Å². The van der Waals surface area contributed by atoms with E-state index in [1.807, 2.05) is 24.3 Å². The van der Waals surface area contributed by atoms with Crippen LogP contribution in [0.4, 0.5) is 0 Å². The average molecular weight is 301 g/mol. The van der Waals surface area contributed by atoms with Gasteiger partial charge in [-0.25, -0.2) is 9.67 Å². The predicted octanol–water partition coefficient (Wildman–Crippen LogP) is 1.71. The van der Waals surface area contributed by atoms with Crippen molar-refractivity contribution in [1.82, 2.24) is 19.7 Å². The second kappa shape index (κ2) is 7.17. The lowest BCUT2D eigenvalue weighted by molar-refractivity contribution is 0.0789. The molecule has 1 amide bonds. The maximum atomic E-state index is 12.5. The van der Waals surface area contributed by atoms with Crippen LogP contribution < -0.4 is 5.73 Å². The lowest BCUT2D eigenvalue weighted by Gasteiger charge is -2.21. The van der Waals surface area contributed by atoms with E-state index in [-0.39, 0.29) is 11.9 Å². The molecule has 0 bridgehead atoms. The molecule has 0 radical (unpaired) electrons. The number of benzene rings is 1. The van der Waals surface area contributed by atoms with Gasteiger partial charge in [0.05, 0.1) is 5.69 Å². The van der Waals surface area contributed by atoms with Gasteiger partial charge in [0.15, 0.2) is 0 Å². The van der Waals surface area contributed by atoms with Crippen LogP contribution in [-0.2, 0) is 0 Å². The van der Waals surface area contributed by atoms with Gasteiger partial charge in [0.2, 0.25) is 0 Å². The van der Waals surface area contributed by atoms with Crippen LogP contribution in [0.1, 0.15) is 30.6 Å². The van der Waals surface area contributed by atoms with Crippen molar-refractivity contribution in [2.24, 2.45) is 11.7 Å². The standard InChI is InChI=1S/C16H23N5O/c1-12(2)15(17)7-8-20(3)16(22)13-5-4-6-14(9-13)21-11-18-10-19-21/h4-6,9-12,15H,7-8,17H2,1-3H3. The number of nitrogens with zero attached hydrogens (tertiary/aromatic N) is 4. The normalized spacial score (nSPS) is 12.4. The number of aromatic nitrogens is 3. The Hall–Kier alpha value is -2.21. The highest BCUT2D eigenvalue weighted by Gasteiger charge is 2.15. The number of carbonyl (C=O) groups excluding carboxylic acids is 1. The van der Waals surface area contributed by atoms with Gasteiger partial charge in [-0.05, 0) is 30.5 Å². The number of nitrogens with two attached hydrogens (primary N) is 1. The molecule has 2 aromatic rings. The minimum absolute atomic E-state index is 0.0158. The van der Waals surface area contributed by atoms with Crippen LogP contribution in [0.15, 0.2) is 36.9 Å². The van der Waals surface area contributed by atoms with Crippen LogP contribution >= 0.6 is 0 Å². The molecule has 1 aromatic heterocycles. The Labute approximate surface area is 130 Å². The lowest BCUT2D eigenvalue weighted by atomic mass is 10.0. The van der Waals surface area contributed by atoms with Crippen molar-refractivity contribution in [3.63, 3.8) is 0 Å². The number of carbonyl (C=O) groups is 1. The number of amides is 1. The van der Waals surface area contributed by atoms with Crippen LogP contribution in [0.5, 0.6) is 0 Å². The first kappa shape index (κ1) is 16.2. The van der Waals surface area contributed by atoms with Crippen LogP contribution in [0.3, 0.4) is 0 Å². The first-order valence-corrected chi connectivity index (χ1v) is 7.45. The van der Waals surface area contributed by atoms with Gasteiger partial charge in [0.25, 0.3) is 5.91 Å². The van der Waals surface area contributed by atoms with Crippen molar-refractivity contribution in [2.75, 3.05) is 13.6 Å². The fourth-order valence-electron chi connectivity index (χ4n) is 2.12. The summed E-state index contributed by atoms with van der Waals surface area (Å²) in [6.45, 7) is 4.83. The molecule has 2 rings (SSSR count). The molecule has 0 saturated carbocycles. The summed E-state index contributed by atoms with van der Waals surface area (Å²) in [5, 5.41) is 4.07. The van der Waals surface area contributed by atoms with E-state index < -0.39 is 0 Å². The van der Waals surface area contributed by atoms with Crippen LogP contribution in [0, 0.1) is 5.92 Å². The zero-order valence-corrected chi connectivity index (χ0v) is 13.3. The Morgan fingerprint density at radius 3 is 2.82 bits per heavy atom. The lowest BCUT2D eigenvalue weighted by Crippen LogP contribution is -2.34. The van der Waals surface area contributed by atoms with Crippen molar-refractivity contribution in [1.29, 1.82) is 0 Å². The molecule has 0 saturated heterocycles. The van der Waals surface area contributed by atoms with Gasteiger partial charge in [-0.15, -0.1) is 0 Å². The molecule has 0 fully saturated rings. The topological polar surface area (TPSA) is 77.0 Å². The largest absolute Gasteiger partial charge is 0.342 e. The van der Waals surface area contributed by atoms with Gasteiger partial charge in [0, 0.05) is 25.2 Å². The van der Waals surface area contributed by atoms with E-state index in [1.165, 1.54) is 6.33 Å². The fraction of sp³-hybridized carbons (Fsp3) is 0.438. The third kappa shape index (κ3) is 3.92. The monoisotopic (exact) mass is 301 g/mol. The third-order valence-electron chi connectivity index (χ3n) is 3.78. The summed E-state index contributed by atoms with van der Waals surface area (Å²) in [5.41, 5.74) is 7.48. The molecule has 0 aliphatic rings. The van der Waals surface area contributed by atoms with Gasteiger partial charge in [-0.2, -0.15) is 5.10 Å². The van der Waals surface area contributed by atoms with E-state index in [1.54, 1.807) is 23.0 Å². The molecule has 2 N–H and O–H groups in total. The van der Waals surface area contributed by atoms with E-state index >= 15 is 0 Å². The molecule has 1 heterocycles. The van der Waals surface area contributed by atoms with Crippen molar-refractivity contribution in [3.8, 4) is 5.69 Å². The smallest absolute Gasteiger partial charge is 0.253 e. The highest BCUT2D eigenvalue weighted by Crippen LogP contribution is 2.12. The fourth-order valence-corrected chi connectivity index (χ4v) is 2.12. The Balaban J connectivity index is 2.04. The zero-order valence-electron chi connectivity index (χ0n) is 13.3. The summed E-state index contributed by atoms with van der Waals surface area (Å²) in [4.78, 5) is 18.1. The van der Waals surface area contributed by atoms with Gasteiger partial charge >= 0.3 is 0 Å². The average Bonchev–Trinajstić information content (AvgIpc) is 3.06. The Bertz CT molecular complexity index is 609. The Morgan fingerprint density at radius 2 is 2.18 bits per heavy atom. The van der Waals surface area contributed by atoms with E-state index in [9.17, 15) is 4.79 Å². The second-order valence-corrected chi connectivity index (χ2v) is 5.81. The quantitative estimate of drug-likeness (QED) is 0.881. The van der Waals surface area contributed by atoms with Crippen molar-refractivity contribution >= 4 is 5.91 Å². The van der Waals surface area contributed by atoms with E-state index in [2.05, 4.69) is 23.9 Å². The molecule has 0 aliphatic heterocycles. The number of hydrogen-bond acceptors (Lipinski definition) is 4. The molecule has 0 spiro atoms. The molecule has 22 heavy (non-hydrogen) atoms. The summed E-state index contributed by atoms with van der Waals surface area (Å²) in [6.07, 6.45) is 3.87. The second-order valence-electron chi connectivity index (χ2n) is 5.81. The first-order chi connectivity index (χ1) is 10.5.